The number of benzene rings is 2. The van der Waals surface area contributed by atoms with E-state index in [0.29, 0.717) is 24.5 Å². The molecule has 5 rings (SSSR count). The van der Waals surface area contributed by atoms with E-state index < -0.39 is 24.0 Å². The SMILES string of the molecule is O=C(NC1CCCCC1C(=O)N1CSC[C@H]1C(=O)O)OCC1c2ccccc2-c2ccccc21. The summed E-state index contributed by atoms with van der Waals surface area (Å²) in [4.78, 5) is 39.0. The molecule has 2 aromatic rings. The molecular formula is C26H28N2O5S. The fourth-order valence-electron chi connectivity index (χ4n) is 5.47. The van der Waals surface area contributed by atoms with E-state index in [0.717, 1.165) is 24.0 Å². The molecule has 0 radical (unpaired) electrons. The lowest BCUT2D eigenvalue weighted by Gasteiger charge is -2.34. The Kier molecular flexibility index (Phi) is 6.50. The van der Waals surface area contributed by atoms with Crippen LogP contribution in [-0.4, -0.2) is 58.3 Å². The molecule has 0 spiro atoms. The first-order chi connectivity index (χ1) is 16.5. The number of hydrogen-bond acceptors (Lipinski definition) is 5. The topological polar surface area (TPSA) is 95.9 Å². The maximum absolute atomic E-state index is 13.2. The molecule has 1 heterocycles. The number of fused-ring (bicyclic) bond motifs is 3. The maximum atomic E-state index is 13.2. The molecule has 2 fully saturated rings. The monoisotopic (exact) mass is 480 g/mol. The summed E-state index contributed by atoms with van der Waals surface area (Å²) in [5, 5.41) is 12.4. The molecule has 34 heavy (non-hydrogen) atoms. The van der Waals surface area contributed by atoms with Gasteiger partial charge in [-0.05, 0) is 35.1 Å². The first-order valence-electron chi connectivity index (χ1n) is 11.8. The third-order valence-electron chi connectivity index (χ3n) is 7.18. The van der Waals surface area contributed by atoms with Crippen molar-refractivity contribution in [3.63, 3.8) is 0 Å². The van der Waals surface area contributed by atoms with Crippen LogP contribution < -0.4 is 5.32 Å². The molecule has 1 saturated carbocycles. The Labute approximate surface area is 202 Å². The highest BCUT2D eigenvalue weighted by atomic mass is 32.2. The second kappa shape index (κ2) is 9.70. The summed E-state index contributed by atoms with van der Waals surface area (Å²) in [7, 11) is 0. The minimum absolute atomic E-state index is 0.0279. The third kappa shape index (κ3) is 4.27. The van der Waals surface area contributed by atoms with E-state index in [4.69, 9.17) is 4.74 Å². The molecule has 7 nitrogen and oxygen atoms in total. The number of carbonyl (C=O) groups is 3. The zero-order valence-corrected chi connectivity index (χ0v) is 19.6. The smallest absolute Gasteiger partial charge is 0.407 e. The third-order valence-corrected chi connectivity index (χ3v) is 8.19. The highest BCUT2D eigenvalue weighted by Gasteiger charge is 2.41. The van der Waals surface area contributed by atoms with E-state index in [9.17, 15) is 19.5 Å². The van der Waals surface area contributed by atoms with Crippen LogP contribution in [0.1, 0.15) is 42.7 Å². The van der Waals surface area contributed by atoms with Gasteiger partial charge in [0.2, 0.25) is 5.91 Å². The first kappa shape index (κ1) is 22.8. The van der Waals surface area contributed by atoms with Crippen LogP contribution in [0.5, 0.6) is 0 Å². The van der Waals surface area contributed by atoms with Crippen molar-refractivity contribution in [2.45, 2.75) is 43.7 Å². The van der Waals surface area contributed by atoms with E-state index in [2.05, 4.69) is 29.6 Å². The number of hydrogen-bond donors (Lipinski definition) is 2. The van der Waals surface area contributed by atoms with Crippen LogP contribution >= 0.6 is 11.8 Å². The van der Waals surface area contributed by atoms with Crippen molar-refractivity contribution < 1.29 is 24.2 Å². The number of carboxylic acids is 1. The summed E-state index contributed by atoms with van der Waals surface area (Å²) < 4.78 is 5.68. The zero-order chi connectivity index (χ0) is 23.7. The minimum atomic E-state index is -0.977. The normalized spacial score (nSPS) is 23.8. The number of thioether (sulfide) groups is 1. The van der Waals surface area contributed by atoms with Crippen molar-refractivity contribution in [3.05, 3.63) is 59.7 Å². The Morgan fingerprint density at radius 1 is 1.00 bits per heavy atom. The van der Waals surface area contributed by atoms with Crippen molar-refractivity contribution in [3.8, 4) is 11.1 Å². The number of carbonyl (C=O) groups excluding carboxylic acids is 2. The summed E-state index contributed by atoms with van der Waals surface area (Å²) >= 11 is 1.45. The van der Waals surface area contributed by atoms with Crippen molar-refractivity contribution in [2.24, 2.45) is 5.92 Å². The molecule has 2 aromatic carbocycles. The molecule has 1 saturated heterocycles. The van der Waals surface area contributed by atoms with Crippen LogP contribution in [-0.2, 0) is 14.3 Å². The Morgan fingerprint density at radius 3 is 2.32 bits per heavy atom. The number of amides is 2. The molecule has 0 bridgehead atoms. The van der Waals surface area contributed by atoms with Gasteiger partial charge in [0.1, 0.15) is 12.6 Å². The molecule has 2 N–H and O–H groups in total. The van der Waals surface area contributed by atoms with Crippen LogP contribution in [0.25, 0.3) is 11.1 Å². The lowest BCUT2D eigenvalue weighted by atomic mass is 9.83. The van der Waals surface area contributed by atoms with E-state index in [1.165, 1.54) is 27.8 Å². The van der Waals surface area contributed by atoms with Gasteiger partial charge in [-0.1, -0.05) is 61.4 Å². The highest BCUT2D eigenvalue weighted by molar-refractivity contribution is 7.99. The molecule has 178 valence electrons. The lowest BCUT2D eigenvalue weighted by molar-refractivity contribution is -0.150. The van der Waals surface area contributed by atoms with Crippen LogP contribution in [0.15, 0.2) is 48.5 Å². The largest absolute Gasteiger partial charge is 0.480 e. The van der Waals surface area contributed by atoms with Crippen molar-refractivity contribution in [1.29, 1.82) is 0 Å². The van der Waals surface area contributed by atoms with Crippen molar-refractivity contribution in [2.75, 3.05) is 18.2 Å². The van der Waals surface area contributed by atoms with Crippen molar-refractivity contribution in [1.82, 2.24) is 10.2 Å². The average Bonchev–Trinajstić information content (AvgIpc) is 3.46. The van der Waals surface area contributed by atoms with Gasteiger partial charge in [-0.2, -0.15) is 0 Å². The Hall–Kier alpha value is -3.00. The average molecular weight is 481 g/mol. The van der Waals surface area contributed by atoms with E-state index >= 15 is 0 Å². The number of alkyl carbamates (subject to hydrolysis) is 1. The predicted molar refractivity (Wildman–Crippen MR) is 130 cm³/mol. The number of nitrogens with zero attached hydrogens (tertiary/aromatic N) is 1. The predicted octanol–water partition coefficient (Wildman–Crippen LogP) is 4.07. The first-order valence-corrected chi connectivity index (χ1v) is 12.9. The van der Waals surface area contributed by atoms with Gasteiger partial charge in [0.05, 0.1) is 11.8 Å². The minimum Gasteiger partial charge on any atom is -0.480 e. The maximum Gasteiger partial charge on any atom is 0.407 e. The second-order valence-electron chi connectivity index (χ2n) is 9.13. The second-order valence-corrected chi connectivity index (χ2v) is 10.1. The van der Waals surface area contributed by atoms with Gasteiger partial charge in [0.25, 0.3) is 0 Å². The van der Waals surface area contributed by atoms with Crippen LogP contribution in [0.4, 0.5) is 4.79 Å². The summed E-state index contributed by atoms with van der Waals surface area (Å²) in [6.07, 6.45) is 2.59. The summed E-state index contributed by atoms with van der Waals surface area (Å²) in [5.41, 5.74) is 4.63. The number of aliphatic carboxylic acids is 1. The van der Waals surface area contributed by atoms with E-state index in [1.54, 1.807) is 0 Å². The van der Waals surface area contributed by atoms with Gasteiger partial charge in [0.15, 0.2) is 0 Å². The van der Waals surface area contributed by atoms with Gasteiger partial charge < -0.3 is 20.1 Å². The Morgan fingerprint density at radius 2 is 1.65 bits per heavy atom. The fraction of sp³-hybridized carbons (Fsp3) is 0.423. The van der Waals surface area contributed by atoms with Crippen molar-refractivity contribution >= 4 is 29.7 Å². The summed E-state index contributed by atoms with van der Waals surface area (Å²) in [6.45, 7) is 0.217. The Balaban J connectivity index is 1.24. The van der Waals surface area contributed by atoms with Gasteiger partial charge in [-0.15, -0.1) is 11.8 Å². The summed E-state index contributed by atoms with van der Waals surface area (Å²) in [5.74, 6) is -0.826. The van der Waals surface area contributed by atoms with E-state index in [1.807, 2.05) is 24.3 Å². The number of rotatable bonds is 5. The lowest BCUT2D eigenvalue weighted by Crippen LogP contribution is -2.52. The fourth-order valence-corrected chi connectivity index (χ4v) is 6.62. The van der Waals surface area contributed by atoms with E-state index in [-0.39, 0.29) is 24.5 Å². The molecule has 2 aliphatic carbocycles. The van der Waals surface area contributed by atoms with Gasteiger partial charge in [-0.3, -0.25) is 4.79 Å². The van der Waals surface area contributed by atoms with Gasteiger partial charge in [0, 0.05) is 17.7 Å². The molecule has 1 aliphatic heterocycles. The van der Waals surface area contributed by atoms with Gasteiger partial charge >= 0.3 is 12.1 Å². The van der Waals surface area contributed by atoms with Crippen LogP contribution in [0.2, 0.25) is 0 Å². The van der Waals surface area contributed by atoms with Gasteiger partial charge in [-0.25, -0.2) is 9.59 Å². The molecule has 2 unspecified atom stereocenters. The number of ether oxygens (including phenoxy) is 1. The molecule has 3 aliphatic rings. The zero-order valence-electron chi connectivity index (χ0n) is 18.8. The number of nitrogens with one attached hydrogen (secondary N) is 1. The van der Waals surface area contributed by atoms with Crippen LogP contribution in [0, 0.1) is 5.92 Å². The number of carboxylic acid groups (broad SMARTS) is 1. The van der Waals surface area contributed by atoms with Crippen LogP contribution in [0.3, 0.4) is 0 Å². The molecular weight excluding hydrogens is 452 g/mol. The highest BCUT2D eigenvalue weighted by Crippen LogP contribution is 2.44. The molecule has 8 heteroatoms. The molecule has 0 aromatic heterocycles. The molecule has 2 amide bonds. The standard InChI is InChI=1S/C26H28N2O5S/c29-24(28-15-34-14-23(28)25(30)31)20-11-5-6-12-22(20)27-26(32)33-13-21-18-9-3-1-7-16(18)17-8-2-4-10-19(17)21/h1-4,7-10,20-23H,5-6,11-15H2,(H,27,32)(H,30,31)/t20?,22?,23-/m0/s1. The quantitative estimate of drug-likeness (QED) is 0.670. The molecule has 3 atom stereocenters. The summed E-state index contributed by atoms with van der Waals surface area (Å²) in [6, 6.07) is 15.2. The Bertz CT molecular complexity index is 1060.